The van der Waals surface area contributed by atoms with E-state index in [9.17, 15) is 5.11 Å². The summed E-state index contributed by atoms with van der Waals surface area (Å²) in [5, 5.41) is 11.3. The fourth-order valence-corrected chi connectivity index (χ4v) is 4.65. The molecule has 0 radical (unpaired) electrons. The van der Waals surface area contributed by atoms with Gasteiger partial charge in [-0.25, -0.2) is 0 Å². The molecule has 4 nitrogen and oxygen atoms in total. The minimum absolute atomic E-state index is 0.264. The van der Waals surface area contributed by atoms with E-state index in [4.69, 9.17) is 9.15 Å². The van der Waals surface area contributed by atoms with Gasteiger partial charge >= 0.3 is 0 Å². The molecular weight excluding hydrogens is 278 g/mol. The summed E-state index contributed by atoms with van der Waals surface area (Å²) < 4.78 is 11.8. The van der Waals surface area contributed by atoms with E-state index in [1.807, 2.05) is 12.1 Å². The molecule has 1 N–H and O–H groups in total. The number of furan rings is 1. The van der Waals surface area contributed by atoms with Crippen LogP contribution in [0.1, 0.15) is 44.3 Å². The average Bonchev–Trinajstić information content (AvgIpc) is 3.27. The Morgan fingerprint density at radius 2 is 2.00 bits per heavy atom. The quantitative estimate of drug-likeness (QED) is 0.908. The smallest absolute Gasteiger partial charge is 0.148 e. The molecule has 122 valence electrons. The van der Waals surface area contributed by atoms with Crippen LogP contribution in [0.15, 0.2) is 22.8 Å². The number of aliphatic hydroxyl groups is 1. The van der Waals surface area contributed by atoms with Gasteiger partial charge in [-0.05, 0) is 62.7 Å². The van der Waals surface area contributed by atoms with Gasteiger partial charge < -0.3 is 19.2 Å². The fourth-order valence-electron chi connectivity index (χ4n) is 4.65. The summed E-state index contributed by atoms with van der Waals surface area (Å²) in [6, 6.07) is 3.77. The molecule has 4 aliphatic rings. The van der Waals surface area contributed by atoms with Crippen molar-refractivity contribution in [2.24, 2.45) is 11.8 Å². The predicted octanol–water partition coefficient (Wildman–Crippen LogP) is 2.77. The lowest BCUT2D eigenvalue weighted by Crippen LogP contribution is -2.52. The number of piperidine rings is 3. The Labute approximate surface area is 132 Å². The van der Waals surface area contributed by atoms with Crippen molar-refractivity contribution in [1.82, 2.24) is 4.90 Å². The SMILES string of the molecule is O[C@@](COC1CN2CCC1CC2)(c1ccco1)C1CCCC1. The first-order valence-electron chi connectivity index (χ1n) is 8.86. The fraction of sp³-hybridized carbons (Fsp3) is 0.778. The molecule has 1 saturated carbocycles. The number of ether oxygens (including phenoxy) is 1. The van der Waals surface area contributed by atoms with Crippen molar-refractivity contribution in [3.05, 3.63) is 24.2 Å². The van der Waals surface area contributed by atoms with Gasteiger partial charge in [0, 0.05) is 6.54 Å². The van der Waals surface area contributed by atoms with Gasteiger partial charge in [0.2, 0.25) is 0 Å². The molecule has 22 heavy (non-hydrogen) atoms. The lowest BCUT2D eigenvalue weighted by molar-refractivity contribution is -0.150. The zero-order valence-electron chi connectivity index (χ0n) is 13.2. The van der Waals surface area contributed by atoms with Crippen LogP contribution in [0.2, 0.25) is 0 Å². The summed E-state index contributed by atoms with van der Waals surface area (Å²) in [6.07, 6.45) is 8.97. The highest BCUT2D eigenvalue weighted by Gasteiger charge is 2.44. The van der Waals surface area contributed by atoms with E-state index in [1.54, 1.807) is 6.26 Å². The Balaban J connectivity index is 1.47. The molecule has 2 bridgehead atoms. The lowest BCUT2D eigenvalue weighted by atomic mass is 9.83. The van der Waals surface area contributed by atoms with Crippen molar-refractivity contribution in [3.8, 4) is 0 Å². The molecule has 1 aliphatic carbocycles. The largest absolute Gasteiger partial charge is 0.466 e. The first-order valence-corrected chi connectivity index (χ1v) is 8.86. The second-order valence-corrected chi connectivity index (χ2v) is 7.37. The van der Waals surface area contributed by atoms with Crippen LogP contribution < -0.4 is 0 Å². The highest BCUT2D eigenvalue weighted by atomic mass is 16.5. The van der Waals surface area contributed by atoms with E-state index < -0.39 is 5.60 Å². The molecule has 1 unspecified atom stereocenters. The van der Waals surface area contributed by atoms with E-state index in [0.717, 1.165) is 19.4 Å². The maximum absolute atomic E-state index is 11.3. The van der Waals surface area contributed by atoms with Crippen molar-refractivity contribution in [3.63, 3.8) is 0 Å². The van der Waals surface area contributed by atoms with Crippen molar-refractivity contribution in [2.75, 3.05) is 26.2 Å². The maximum atomic E-state index is 11.3. The topological polar surface area (TPSA) is 45.8 Å². The Bertz CT molecular complexity index is 475. The normalized spacial score (nSPS) is 34.9. The molecule has 0 spiro atoms. The number of rotatable bonds is 5. The first-order chi connectivity index (χ1) is 10.8. The minimum atomic E-state index is -0.952. The maximum Gasteiger partial charge on any atom is 0.148 e. The molecule has 4 heterocycles. The van der Waals surface area contributed by atoms with Crippen LogP contribution in [-0.4, -0.2) is 42.4 Å². The minimum Gasteiger partial charge on any atom is -0.466 e. The third-order valence-corrected chi connectivity index (χ3v) is 6.09. The molecule has 3 saturated heterocycles. The summed E-state index contributed by atoms with van der Waals surface area (Å²) in [5.74, 6) is 1.62. The first kappa shape index (κ1) is 14.7. The van der Waals surface area contributed by atoms with Gasteiger partial charge in [0.15, 0.2) is 0 Å². The van der Waals surface area contributed by atoms with Crippen LogP contribution in [-0.2, 0) is 10.3 Å². The predicted molar refractivity (Wildman–Crippen MR) is 83.5 cm³/mol. The third-order valence-electron chi connectivity index (χ3n) is 6.09. The Kier molecular flexibility index (Phi) is 4.01. The summed E-state index contributed by atoms with van der Waals surface area (Å²) in [5.41, 5.74) is -0.952. The molecule has 2 atom stereocenters. The van der Waals surface area contributed by atoms with Gasteiger partial charge in [-0.3, -0.25) is 0 Å². The zero-order chi connectivity index (χ0) is 15.0. The van der Waals surface area contributed by atoms with Gasteiger partial charge in [0.25, 0.3) is 0 Å². The van der Waals surface area contributed by atoms with Crippen molar-refractivity contribution in [2.45, 2.75) is 50.2 Å². The van der Waals surface area contributed by atoms with Crippen molar-refractivity contribution in [1.29, 1.82) is 0 Å². The van der Waals surface area contributed by atoms with Crippen molar-refractivity contribution >= 4 is 0 Å². The Hall–Kier alpha value is -0.840. The zero-order valence-corrected chi connectivity index (χ0v) is 13.2. The molecule has 1 aromatic rings. The number of hydrogen-bond donors (Lipinski definition) is 1. The van der Waals surface area contributed by atoms with Crippen LogP contribution >= 0.6 is 0 Å². The molecular formula is C18H27NO3. The van der Waals surface area contributed by atoms with E-state index >= 15 is 0 Å². The highest BCUT2D eigenvalue weighted by molar-refractivity contribution is 5.12. The van der Waals surface area contributed by atoms with Crippen LogP contribution in [0.3, 0.4) is 0 Å². The molecule has 1 aromatic heterocycles. The van der Waals surface area contributed by atoms with E-state index in [-0.39, 0.29) is 12.0 Å². The van der Waals surface area contributed by atoms with Crippen LogP contribution in [0, 0.1) is 11.8 Å². The van der Waals surface area contributed by atoms with Gasteiger partial charge in [-0.15, -0.1) is 0 Å². The van der Waals surface area contributed by atoms with Gasteiger partial charge in [-0.1, -0.05) is 12.8 Å². The second-order valence-electron chi connectivity index (χ2n) is 7.37. The number of nitrogens with zero attached hydrogens (tertiary/aromatic N) is 1. The number of hydrogen-bond acceptors (Lipinski definition) is 4. The van der Waals surface area contributed by atoms with E-state index in [1.165, 1.54) is 38.8 Å². The average molecular weight is 305 g/mol. The van der Waals surface area contributed by atoms with Crippen LogP contribution in [0.5, 0.6) is 0 Å². The molecule has 4 fully saturated rings. The van der Waals surface area contributed by atoms with Crippen molar-refractivity contribution < 1.29 is 14.3 Å². The molecule has 0 aromatic carbocycles. The lowest BCUT2D eigenvalue weighted by Gasteiger charge is -2.45. The Morgan fingerprint density at radius 1 is 1.23 bits per heavy atom. The third kappa shape index (κ3) is 2.61. The van der Waals surface area contributed by atoms with Gasteiger partial charge in [0.05, 0.1) is 19.0 Å². The number of fused-ring (bicyclic) bond motifs is 3. The molecule has 4 heteroatoms. The highest BCUT2D eigenvalue weighted by Crippen LogP contribution is 2.42. The Morgan fingerprint density at radius 3 is 2.59 bits per heavy atom. The van der Waals surface area contributed by atoms with Gasteiger partial charge in [-0.2, -0.15) is 0 Å². The summed E-state index contributed by atoms with van der Waals surface area (Å²) in [6.45, 7) is 3.84. The monoisotopic (exact) mass is 305 g/mol. The molecule has 0 amide bonds. The van der Waals surface area contributed by atoms with Crippen LogP contribution in [0.4, 0.5) is 0 Å². The summed E-state index contributed by atoms with van der Waals surface area (Å²) >= 11 is 0. The van der Waals surface area contributed by atoms with E-state index in [2.05, 4.69) is 4.90 Å². The second kappa shape index (κ2) is 5.99. The molecule has 3 aliphatic heterocycles. The van der Waals surface area contributed by atoms with Gasteiger partial charge in [0.1, 0.15) is 11.4 Å². The van der Waals surface area contributed by atoms with Crippen LogP contribution in [0.25, 0.3) is 0 Å². The summed E-state index contributed by atoms with van der Waals surface area (Å²) in [7, 11) is 0. The standard InChI is InChI=1S/C18H27NO3/c20-18(15-4-1-2-5-15,17-6-3-11-21-17)13-22-16-12-19-9-7-14(16)8-10-19/h3,6,11,14-16,20H,1-2,4-5,7-10,12-13H2/t16?,18-/m1/s1. The van der Waals surface area contributed by atoms with E-state index in [0.29, 0.717) is 18.3 Å². The molecule has 5 rings (SSSR count). The summed E-state index contributed by atoms with van der Waals surface area (Å²) in [4.78, 5) is 2.49.